The Balaban J connectivity index is 2.73. The monoisotopic (exact) mass is 280 g/mol. The zero-order valence-electron chi connectivity index (χ0n) is 11.8. The van der Waals surface area contributed by atoms with Crippen molar-refractivity contribution < 1.29 is 19.4 Å². The molecule has 0 heterocycles. The fourth-order valence-corrected chi connectivity index (χ4v) is 1.80. The molecule has 20 heavy (non-hydrogen) atoms. The molecule has 110 valence electrons. The summed E-state index contributed by atoms with van der Waals surface area (Å²) >= 11 is 0. The van der Waals surface area contributed by atoms with Gasteiger partial charge >= 0.3 is 12.0 Å². The number of rotatable bonds is 6. The van der Waals surface area contributed by atoms with Crippen molar-refractivity contribution in [1.82, 2.24) is 10.6 Å². The third-order valence-electron chi connectivity index (χ3n) is 2.61. The van der Waals surface area contributed by atoms with E-state index in [-0.39, 0.29) is 0 Å². The van der Waals surface area contributed by atoms with E-state index in [1.165, 1.54) is 7.11 Å². The molecule has 1 rings (SSSR count). The predicted molar refractivity (Wildman–Crippen MR) is 74.4 cm³/mol. The van der Waals surface area contributed by atoms with Gasteiger partial charge in [0.15, 0.2) is 6.04 Å². The quantitative estimate of drug-likeness (QED) is 0.737. The van der Waals surface area contributed by atoms with Crippen LogP contribution in [0.25, 0.3) is 0 Å². The van der Waals surface area contributed by atoms with Crippen molar-refractivity contribution in [1.29, 1.82) is 0 Å². The van der Waals surface area contributed by atoms with Crippen LogP contribution in [0.2, 0.25) is 0 Å². The van der Waals surface area contributed by atoms with Gasteiger partial charge in [-0.15, -0.1) is 0 Å². The Labute approximate surface area is 118 Å². The second-order valence-corrected chi connectivity index (χ2v) is 5.10. The van der Waals surface area contributed by atoms with Crippen LogP contribution in [0.15, 0.2) is 30.3 Å². The van der Waals surface area contributed by atoms with Crippen molar-refractivity contribution in [3.63, 3.8) is 0 Å². The van der Waals surface area contributed by atoms with E-state index in [0.717, 1.165) is 0 Å². The van der Waals surface area contributed by atoms with Gasteiger partial charge in [-0.3, -0.25) is 0 Å². The molecular formula is C14H20N2O4. The number of carboxylic acid groups (broad SMARTS) is 1. The number of hydrogen-bond acceptors (Lipinski definition) is 3. The van der Waals surface area contributed by atoms with Gasteiger partial charge in [0.2, 0.25) is 0 Å². The van der Waals surface area contributed by atoms with Crippen molar-refractivity contribution in [3.05, 3.63) is 35.9 Å². The Hall–Kier alpha value is -2.08. The molecule has 0 spiro atoms. The third kappa shape index (κ3) is 4.89. The highest BCUT2D eigenvalue weighted by Crippen LogP contribution is 2.13. The van der Waals surface area contributed by atoms with Crippen LogP contribution in [0.1, 0.15) is 25.5 Å². The second-order valence-electron chi connectivity index (χ2n) is 5.10. The zero-order chi connectivity index (χ0) is 15.2. The second kappa shape index (κ2) is 6.91. The molecule has 3 N–H and O–H groups in total. The Morgan fingerprint density at radius 3 is 2.40 bits per heavy atom. The van der Waals surface area contributed by atoms with Gasteiger partial charge in [0, 0.05) is 7.11 Å². The van der Waals surface area contributed by atoms with E-state index >= 15 is 0 Å². The van der Waals surface area contributed by atoms with Crippen LogP contribution >= 0.6 is 0 Å². The van der Waals surface area contributed by atoms with Crippen LogP contribution in [0, 0.1) is 0 Å². The summed E-state index contributed by atoms with van der Waals surface area (Å²) in [5, 5.41) is 14.3. The number of carboxylic acids is 1. The first-order chi connectivity index (χ1) is 9.35. The van der Waals surface area contributed by atoms with E-state index < -0.39 is 23.6 Å². The molecule has 1 aromatic carbocycles. The summed E-state index contributed by atoms with van der Waals surface area (Å²) in [5.41, 5.74) is -0.0711. The van der Waals surface area contributed by atoms with E-state index in [1.807, 2.05) is 0 Å². The number of benzene rings is 1. The lowest BCUT2D eigenvalue weighted by molar-refractivity contribution is -0.139. The molecule has 0 saturated carbocycles. The van der Waals surface area contributed by atoms with Crippen LogP contribution < -0.4 is 10.6 Å². The van der Waals surface area contributed by atoms with Crippen LogP contribution in [0.3, 0.4) is 0 Å². The average molecular weight is 280 g/mol. The maximum atomic E-state index is 11.9. The first kappa shape index (κ1) is 16.0. The van der Waals surface area contributed by atoms with Crippen molar-refractivity contribution in [3.8, 4) is 0 Å². The number of carbonyl (C=O) groups excluding carboxylic acids is 1. The minimum atomic E-state index is -1.11. The summed E-state index contributed by atoms with van der Waals surface area (Å²) in [6.07, 6.45) is 0. The van der Waals surface area contributed by atoms with E-state index in [0.29, 0.717) is 12.2 Å². The molecule has 0 fully saturated rings. The van der Waals surface area contributed by atoms with Crippen molar-refractivity contribution in [2.24, 2.45) is 0 Å². The third-order valence-corrected chi connectivity index (χ3v) is 2.61. The molecule has 0 radical (unpaired) electrons. The highest BCUT2D eigenvalue weighted by Gasteiger charge is 2.25. The van der Waals surface area contributed by atoms with Crippen molar-refractivity contribution >= 4 is 12.0 Å². The molecule has 1 aromatic rings. The fourth-order valence-electron chi connectivity index (χ4n) is 1.80. The number of nitrogens with one attached hydrogen (secondary N) is 2. The standard InChI is InChI=1S/C14H20N2O4/c1-14(2,9-20-3)16-13(19)15-11(12(17)18)10-7-5-4-6-8-10/h4-8,11H,9H2,1-3H3,(H,17,18)(H2,15,16,19)/t11-/m0/s1. The summed E-state index contributed by atoms with van der Waals surface area (Å²) in [6, 6.07) is 6.89. The number of methoxy groups -OCH3 is 1. The summed E-state index contributed by atoms with van der Waals surface area (Å²) in [5.74, 6) is -1.11. The van der Waals surface area contributed by atoms with E-state index in [4.69, 9.17) is 4.74 Å². The zero-order valence-corrected chi connectivity index (χ0v) is 11.8. The normalized spacial score (nSPS) is 12.6. The van der Waals surface area contributed by atoms with Gasteiger partial charge < -0.3 is 20.5 Å². The first-order valence-electron chi connectivity index (χ1n) is 6.21. The minimum Gasteiger partial charge on any atom is -0.479 e. The van der Waals surface area contributed by atoms with E-state index in [9.17, 15) is 14.7 Å². The Morgan fingerprint density at radius 1 is 1.30 bits per heavy atom. The lowest BCUT2D eigenvalue weighted by Crippen LogP contribution is -2.52. The van der Waals surface area contributed by atoms with Gasteiger partial charge in [-0.05, 0) is 19.4 Å². The van der Waals surface area contributed by atoms with Crippen molar-refractivity contribution in [2.45, 2.75) is 25.4 Å². The van der Waals surface area contributed by atoms with Crippen LogP contribution in [0.4, 0.5) is 4.79 Å². The highest BCUT2D eigenvalue weighted by molar-refractivity contribution is 5.83. The van der Waals surface area contributed by atoms with Gasteiger partial charge in [0.25, 0.3) is 0 Å². The maximum Gasteiger partial charge on any atom is 0.330 e. The first-order valence-corrected chi connectivity index (χ1v) is 6.21. The molecule has 0 aromatic heterocycles. The highest BCUT2D eigenvalue weighted by atomic mass is 16.5. The molecule has 6 heteroatoms. The summed E-state index contributed by atoms with van der Waals surface area (Å²) in [4.78, 5) is 23.1. The topological polar surface area (TPSA) is 87.7 Å². The lowest BCUT2D eigenvalue weighted by Gasteiger charge is -2.26. The fraction of sp³-hybridized carbons (Fsp3) is 0.429. The lowest BCUT2D eigenvalue weighted by atomic mass is 10.1. The summed E-state index contributed by atoms with van der Waals surface area (Å²) in [7, 11) is 1.53. The molecule has 2 amide bonds. The summed E-state index contributed by atoms with van der Waals surface area (Å²) in [6.45, 7) is 3.90. The Morgan fingerprint density at radius 2 is 1.90 bits per heavy atom. The van der Waals surface area contributed by atoms with Crippen LogP contribution in [-0.2, 0) is 9.53 Å². The van der Waals surface area contributed by atoms with Gasteiger partial charge in [-0.25, -0.2) is 9.59 Å². The summed E-state index contributed by atoms with van der Waals surface area (Å²) < 4.78 is 4.99. The largest absolute Gasteiger partial charge is 0.479 e. The van der Waals surface area contributed by atoms with Gasteiger partial charge in [0.05, 0.1) is 12.1 Å². The Bertz CT molecular complexity index is 460. The van der Waals surface area contributed by atoms with Gasteiger partial charge in [-0.2, -0.15) is 0 Å². The molecule has 0 unspecified atom stereocenters. The maximum absolute atomic E-state index is 11.9. The van der Waals surface area contributed by atoms with E-state index in [1.54, 1.807) is 44.2 Å². The number of urea groups is 1. The van der Waals surface area contributed by atoms with Gasteiger partial charge in [-0.1, -0.05) is 30.3 Å². The van der Waals surface area contributed by atoms with Crippen LogP contribution in [0.5, 0.6) is 0 Å². The van der Waals surface area contributed by atoms with Gasteiger partial charge in [0.1, 0.15) is 0 Å². The number of amides is 2. The van der Waals surface area contributed by atoms with E-state index in [2.05, 4.69) is 10.6 Å². The molecule has 6 nitrogen and oxygen atoms in total. The molecule has 0 bridgehead atoms. The molecule has 0 aliphatic rings. The molecular weight excluding hydrogens is 260 g/mol. The van der Waals surface area contributed by atoms with Crippen molar-refractivity contribution in [2.75, 3.05) is 13.7 Å². The number of carbonyl (C=O) groups is 2. The van der Waals surface area contributed by atoms with Crippen LogP contribution in [-0.4, -0.2) is 36.4 Å². The SMILES string of the molecule is COCC(C)(C)NC(=O)N[C@H](C(=O)O)c1ccccc1. The molecule has 0 saturated heterocycles. The minimum absolute atomic E-state index is 0.323. The smallest absolute Gasteiger partial charge is 0.330 e. The number of ether oxygens (including phenoxy) is 1. The number of hydrogen-bond donors (Lipinski definition) is 3. The molecule has 0 aliphatic carbocycles. The molecule has 1 atom stereocenters. The average Bonchev–Trinajstić information content (AvgIpc) is 2.36. The molecule has 0 aliphatic heterocycles. The predicted octanol–water partition coefficient (Wildman–Crippen LogP) is 1.54. The Kier molecular flexibility index (Phi) is 5.52. The number of aliphatic carboxylic acids is 1.